The first-order chi connectivity index (χ1) is 15.3. The Hall–Kier alpha value is -4.36. The first-order valence-corrected chi connectivity index (χ1v) is 9.34. The van der Waals surface area contributed by atoms with Crippen LogP contribution < -0.4 is 22.2 Å². The van der Waals surface area contributed by atoms with Crippen LogP contribution in [0.1, 0.15) is 26.3 Å². The van der Waals surface area contributed by atoms with Crippen molar-refractivity contribution in [2.24, 2.45) is 11.5 Å². The van der Waals surface area contributed by atoms with Crippen molar-refractivity contribution in [1.29, 1.82) is 0 Å². The van der Waals surface area contributed by atoms with Crippen LogP contribution in [0.25, 0.3) is 17.3 Å². The number of primary amides is 2. The van der Waals surface area contributed by atoms with Gasteiger partial charge in [0.25, 0.3) is 11.8 Å². The summed E-state index contributed by atoms with van der Waals surface area (Å²) in [5.41, 5.74) is 12.4. The number of aromatic nitrogens is 5. The van der Waals surface area contributed by atoms with Gasteiger partial charge in [-0.2, -0.15) is 0 Å². The quantitative estimate of drug-likeness (QED) is 0.220. The molecule has 7 N–H and O–H groups in total. The van der Waals surface area contributed by atoms with Crippen molar-refractivity contribution < 1.29 is 19.6 Å². The summed E-state index contributed by atoms with van der Waals surface area (Å²) in [6.45, 7) is 0.212. The SMILES string of the molecule is NC(=O)c1cnc(-c2nnc3c(C(N)=O)cccn23)nc1NCc1cccc(B(O)O)c1. The van der Waals surface area contributed by atoms with Gasteiger partial charge < -0.3 is 26.8 Å². The Morgan fingerprint density at radius 2 is 1.84 bits per heavy atom. The van der Waals surface area contributed by atoms with E-state index in [1.807, 2.05) is 0 Å². The molecule has 3 heterocycles. The molecule has 0 radical (unpaired) electrons. The fourth-order valence-corrected chi connectivity index (χ4v) is 3.11. The van der Waals surface area contributed by atoms with Gasteiger partial charge in [-0.3, -0.25) is 14.0 Å². The van der Waals surface area contributed by atoms with E-state index in [0.29, 0.717) is 11.0 Å². The summed E-state index contributed by atoms with van der Waals surface area (Å²) in [7, 11) is -1.60. The predicted octanol–water partition coefficient (Wildman–Crippen LogP) is -1.32. The Morgan fingerprint density at radius 3 is 2.56 bits per heavy atom. The van der Waals surface area contributed by atoms with Crippen LogP contribution in [-0.2, 0) is 6.54 Å². The molecule has 0 unspecified atom stereocenters. The van der Waals surface area contributed by atoms with Gasteiger partial charge >= 0.3 is 7.12 Å². The minimum absolute atomic E-state index is 0.0544. The Kier molecular flexibility index (Phi) is 5.49. The second kappa shape index (κ2) is 8.41. The van der Waals surface area contributed by atoms with Gasteiger partial charge in [-0.1, -0.05) is 24.3 Å². The molecule has 0 aliphatic rings. The molecule has 0 spiro atoms. The highest BCUT2D eigenvalue weighted by Gasteiger charge is 2.19. The number of nitrogens with one attached hydrogen (secondary N) is 1. The van der Waals surface area contributed by atoms with E-state index in [9.17, 15) is 19.6 Å². The number of hydrogen-bond acceptors (Lipinski definition) is 9. The summed E-state index contributed by atoms with van der Waals surface area (Å²) in [5.74, 6) is -0.878. The number of anilines is 1. The zero-order valence-electron chi connectivity index (χ0n) is 16.5. The molecule has 12 nitrogen and oxygen atoms in total. The molecule has 2 amide bonds. The highest BCUT2D eigenvalue weighted by atomic mass is 16.4. The Labute approximate surface area is 181 Å². The lowest BCUT2D eigenvalue weighted by Crippen LogP contribution is -2.30. The number of fused-ring (bicyclic) bond motifs is 1. The number of carbonyl (C=O) groups is 2. The largest absolute Gasteiger partial charge is 0.488 e. The van der Waals surface area contributed by atoms with E-state index in [-0.39, 0.29) is 40.8 Å². The standard InChI is InChI=1S/C19H17BN8O4/c21-14(29)12-5-2-6-28-18(12)26-27-19(28)17-24-9-13(15(22)30)16(25-17)23-8-10-3-1-4-11(7-10)20(31)32/h1-7,9,31-32H,8H2,(H2,21,29)(H2,22,30)(H,23,24,25). The second-order valence-electron chi connectivity index (χ2n) is 6.80. The third-order valence-electron chi connectivity index (χ3n) is 4.66. The van der Waals surface area contributed by atoms with Gasteiger partial charge in [0.1, 0.15) is 5.82 Å². The first-order valence-electron chi connectivity index (χ1n) is 9.34. The van der Waals surface area contributed by atoms with Gasteiger partial charge in [-0.25, -0.2) is 9.97 Å². The molecule has 0 bridgehead atoms. The van der Waals surface area contributed by atoms with Crippen molar-refractivity contribution in [3.8, 4) is 11.6 Å². The number of hydrogen-bond donors (Lipinski definition) is 5. The molecule has 160 valence electrons. The maximum Gasteiger partial charge on any atom is 0.488 e. The van der Waals surface area contributed by atoms with Gasteiger partial charge in [0.15, 0.2) is 11.5 Å². The molecule has 0 atom stereocenters. The van der Waals surface area contributed by atoms with E-state index in [1.165, 1.54) is 16.7 Å². The number of nitrogens with zero attached hydrogens (tertiary/aromatic N) is 5. The molecule has 32 heavy (non-hydrogen) atoms. The second-order valence-corrected chi connectivity index (χ2v) is 6.80. The molecular weight excluding hydrogens is 415 g/mol. The van der Waals surface area contributed by atoms with E-state index in [0.717, 1.165) is 0 Å². The number of rotatable bonds is 7. The number of benzene rings is 1. The zero-order valence-corrected chi connectivity index (χ0v) is 16.5. The molecule has 1 aromatic carbocycles. The first kappa shape index (κ1) is 20.9. The lowest BCUT2D eigenvalue weighted by atomic mass is 9.80. The van der Waals surface area contributed by atoms with Gasteiger partial charge in [0.05, 0.1) is 11.1 Å². The average Bonchev–Trinajstić information content (AvgIpc) is 3.21. The van der Waals surface area contributed by atoms with Crippen LogP contribution in [0, 0.1) is 0 Å². The number of nitrogens with two attached hydrogens (primary N) is 2. The van der Waals surface area contributed by atoms with E-state index in [2.05, 4.69) is 25.5 Å². The third kappa shape index (κ3) is 3.97. The number of carbonyl (C=O) groups excluding carboxylic acids is 2. The van der Waals surface area contributed by atoms with Crippen LogP contribution in [0.4, 0.5) is 5.82 Å². The summed E-state index contributed by atoms with van der Waals surface area (Å²) in [4.78, 5) is 32.0. The van der Waals surface area contributed by atoms with Crippen LogP contribution in [0.2, 0.25) is 0 Å². The average molecular weight is 432 g/mol. The van der Waals surface area contributed by atoms with Crippen molar-refractivity contribution >= 4 is 35.9 Å². The molecule has 0 aliphatic carbocycles. The minimum atomic E-state index is -1.60. The van der Waals surface area contributed by atoms with Crippen molar-refractivity contribution in [2.75, 3.05) is 5.32 Å². The van der Waals surface area contributed by atoms with E-state index >= 15 is 0 Å². The monoisotopic (exact) mass is 432 g/mol. The van der Waals surface area contributed by atoms with Gasteiger partial charge in [-0.15, -0.1) is 10.2 Å². The van der Waals surface area contributed by atoms with Crippen molar-refractivity contribution in [3.63, 3.8) is 0 Å². The van der Waals surface area contributed by atoms with Gasteiger partial charge in [0, 0.05) is 18.9 Å². The maximum atomic E-state index is 11.9. The van der Waals surface area contributed by atoms with Crippen LogP contribution in [-0.4, -0.2) is 53.5 Å². The lowest BCUT2D eigenvalue weighted by Gasteiger charge is -2.11. The fraction of sp³-hybridized carbons (Fsp3) is 0.0526. The normalized spacial score (nSPS) is 10.8. The lowest BCUT2D eigenvalue weighted by molar-refractivity contribution is 0.0992. The maximum absolute atomic E-state index is 11.9. The zero-order chi connectivity index (χ0) is 22.8. The van der Waals surface area contributed by atoms with E-state index in [4.69, 9.17) is 11.5 Å². The summed E-state index contributed by atoms with van der Waals surface area (Å²) in [6.07, 6.45) is 2.89. The molecule has 3 aromatic heterocycles. The van der Waals surface area contributed by atoms with Gasteiger partial charge in [0.2, 0.25) is 5.82 Å². The summed E-state index contributed by atoms with van der Waals surface area (Å²) >= 11 is 0. The summed E-state index contributed by atoms with van der Waals surface area (Å²) in [6, 6.07) is 9.74. The fourth-order valence-electron chi connectivity index (χ4n) is 3.11. The molecule has 0 saturated heterocycles. The van der Waals surface area contributed by atoms with E-state index in [1.54, 1.807) is 36.5 Å². The van der Waals surface area contributed by atoms with Crippen molar-refractivity contribution in [2.45, 2.75) is 6.54 Å². The van der Waals surface area contributed by atoms with Crippen LogP contribution in [0.5, 0.6) is 0 Å². The Morgan fingerprint density at radius 1 is 1.06 bits per heavy atom. The highest BCUT2D eigenvalue weighted by Crippen LogP contribution is 2.20. The van der Waals surface area contributed by atoms with Crippen LogP contribution in [0.15, 0.2) is 48.8 Å². The molecule has 0 saturated carbocycles. The third-order valence-corrected chi connectivity index (χ3v) is 4.66. The van der Waals surface area contributed by atoms with Crippen molar-refractivity contribution in [1.82, 2.24) is 24.6 Å². The van der Waals surface area contributed by atoms with E-state index < -0.39 is 18.9 Å². The van der Waals surface area contributed by atoms with Crippen molar-refractivity contribution in [3.05, 3.63) is 65.5 Å². The number of amides is 2. The predicted molar refractivity (Wildman–Crippen MR) is 115 cm³/mol. The van der Waals surface area contributed by atoms with Gasteiger partial charge in [-0.05, 0) is 23.2 Å². The van der Waals surface area contributed by atoms with Crippen LogP contribution in [0.3, 0.4) is 0 Å². The molecule has 4 rings (SSSR count). The minimum Gasteiger partial charge on any atom is -0.423 e. The highest BCUT2D eigenvalue weighted by molar-refractivity contribution is 6.58. The summed E-state index contributed by atoms with van der Waals surface area (Å²) < 4.78 is 1.51. The molecule has 0 aliphatic heterocycles. The molecule has 13 heteroatoms. The molecule has 4 aromatic rings. The Bertz CT molecular complexity index is 1340. The summed E-state index contributed by atoms with van der Waals surface area (Å²) in [5, 5.41) is 29.7. The topological polar surface area (TPSA) is 195 Å². The smallest absolute Gasteiger partial charge is 0.423 e. The number of pyridine rings is 1. The van der Waals surface area contributed by atoms with Crippen LogP contribution >= 0.6 is 0 Å². The Balaban J connectivity index is 1.71. The molecule has 0 fully saturated rings. The molecular formula is C19H17BN8O4.